The van der Waals surface area contributed by atoms with Gasteiger partial charge >= 0.3 is 0 Å². The van der Waals surface area contributed by atoms with Crippen LogP contribution in [0.1, 0.15) is 18.2 Å². The standard InChI is InChI=1S/C26H19F4NO5/c1-3-14-10-17-21(35-13(2)26(25(17)33)36-16-6-4-15(27)5-7-16)11-20(14)34-12-22(32)31-19-9-8-18(28)23(29)24(19)30/h4-11H,3,12H2,1-2H3,(H,31,32). The van der Waals surface area contributed by atoms with Gasteiger partial charge in [0.2, 0.25) is 11.2 Å². The summed E-state index contributed by atoms with van der Waals surface area (Å²) in [7, 11) is 0. The summed E-state index contributed by atoms with van der Waals surface area (Å²) in [6.45, 7) is 2.75. The first-order valence-electron chi connectivity index (χ1n) is 10.8. The van der Waals surface area contributed by atoms with Crippen LogP contribution in [0.15, 0.2) is 57.7 Å². The molecule has 1 amide bonds. The van der Waals surface area contributed by atoms with Gasteiger partial charge in [0.1, 0.15) is 28.7 Å². The van der Waals surface area contributed by atoms with Crippen LogP contribution in [-0.4, -0.2) is 12.5 Å². The van der Waals surface area contributed by atoms with Gasteiger partial charge in [0.25, 0.3) is 5.91 Å². The van der Waals surface area contributed by atoms with Crippen molar-refractivity contribution in [2.75, 3.05) is 11.9 Å². The summed E-state index contributed by atoms with van der Waals surface area (Å²) in [6.07, 6.45) is 0.423. The molecule has 0 bridgehead atoms. The highest BCUT2D eigenvalue weighted by molar-refractivity contribution is 5.92. The van der Waals surface area contributed by atoms with Crippen molar-refractivity contribution in [3.8, 4) is 17.2 Å². The van der Waals surface area contributed by atoms with Gasteiger partial charge in [-0.3, -0.25) is 9.59 Å². The van der Waals surface area contributed by atoms with Crippen molar-refractivity contribution in [3.63, 3.8) is 0 Å². The number of carbonyl (C=O) groups is 1. The predicted molar refractivity (Wildman–Crippen MR) is 124 cm³/mol. The number of fused-ring (bicyclic) bond motifs is 1. The molecule has 10 heteroatoms. The molecule has 0 saturated heterocycles. The lowest BCUT2D eigenvalue weighted by atomic mass is 10.1. The zero-order chi connectivity index (χ0) is 26.0. The van der Waals surface area contributed by atoms with E-state index >= 15 is 0 Å². The van der Waals surface area contributed by atoms with Crippen LogP contribution in [0.25, 0.3) is 11.0 Å². The molecule has 6 nitrogen and oxygen atoms in total. The Morgan fingerprint density at radius 1 is 1.00 bits per heavy atom. The summed E-state index contributed by atoms with van der Waals surface area (Å²) in [5, 5.41) is 2.32. The van der Waals surface area contributed by atoms with E-state index in [0.717, 1.165) is 6.07 Å². The number of carbonyl (C=O) groups excluding carboxylic acids is 1. The van der Waals surface area contributed by atoms with E-state index in [9.17, 15) is 27.2 Å². The van der Waals surface area contributed by atoms with Crippen molar-refractivity contribution in [1.29, 1.82) is 0 Å². The molecule has 0 unspecified atom stereocenters. The molecule has 3 aromatic carbocycles. The Kier molecular flexibility index (Phi) is 6.96. The number of hydrogen-bond acceptors (Lipinski definition) is 5. The Balaban J connectivity index is 1.57. The molecule has 0 spiro atoms. The number of halogens is 4. The molecule has 4 aromatic rings. The normalized spacial score (nSPS) is 10.9. The number of amides is 1. The Bertz CT molecular complexity index is 1520. The average molecular weight is 501 g/mol. The molecular weight excluding hydrogens is 482 g/mol. The number of aryl methyl sites for hydroxylation is 2. The molecule has 0 aliphatic rings. The van der Waals surface area contributed by atoms with Crippen LogP contribution >= 0.6 is 0 Å². The number of benzene rings is 3. The fraction of sp³-hybridized carbons (Fsp3) is 0.154. The zero-order valence-electron chi connectivity index (χ0n) is 19.1. The Hall–Kier alpha value is -4.34. The second-order valence-electron chi connectivity index (χ2n) is 7.74. The third kappa shape index (κ3) is 5.02. The molecule has 1 aromatic heterocycles. The van der Waals surface area contributed by atoms with E-state index in [1.165, 1.54) is 37.3 Å². The smallest absolute Gasteiger partial charge is 0.262 e. The molecular formula is C26H19F4NO5. The second kappa shape index (κ2) is 10.1. The summed E-state index contributed by atoms with van der Waals surface area (Å²) >= 11 is 0. The minimum Gasteiger partial charge on any atom is -0.483 e. The van der Waals surface area contributed by atoms with E-state index in [1.807, 2.05) is 0 Å². The molecule has 4 rings (SSSR count). The first-order valence-corrected chi connectivity index (χ1v) is 10.8. The maximum absolute atomic E-state index is 13.8. The average Bonchev–Trinajstić information content (AvgIpc) is 2.86. The van der Waals surface area contributed by atoms with Crippen LogP contribution in [-0.2, 0) is 11.2 Å². The third-order valence-corrected chi connectivity index (χ3v) is 5.28. The summed E-state index contributed by atoms with van der Waals surface area (Å²) in [4.78, 5) is 25.3. The quantitative estimate of drug-likeness (QED) is 0.247. The van der Waals surface area contributed by atoms with E-state index in [-0.39, 0.29) is 34.0 Å². The monoisotopic (exact) mass is 501 g/mol. The summed E-state index contributed by atoms with van der Waals surface area (Å²) in [6, 6.07) is 9.71. The van der Waals surface area contributed by atoms with Crippen LogP contribution in [0, 0.1) is 30.2 Å². The summed E-state index contributed by atoms with van der Waals surface area (Å²) in [5.41, 5.74) is -0.251. The highest BCUT2D eigenvalue weighted by Gasteiger charge is 2.19. The summed E-state index contributed by atoms with van der Waals surface area (Å²) < 4.78 is 70.4. The molecule has 1 N–H and O–H groups in total. The molecule has 0 atom stereocenters. The van der Waals surface area contributed by atoms with Gasteiger partial charge in [-0.1, -0.05) is 6.92 Å². The number of nitrogens with one attached hydrogen (secondary N) is 1. The molecule has 0 aliphatic carbocycles. The lowest BCUT2D eigenvalue weighted by Crippen LogP contribution is -2.21. The van der Waals surface area contributed by atoms with Gasteiger partial charge in [-0.15, -0.1) is 0 Å². The Morgan fingerprint density at radius 2 is 1.72 bits per heavy atom. The third-order valence-electron chi connectivity index (χ3n) is 5.28. The van der Waals surface area contributed by atoms with Crippen molar-refractivity contribution >= 4 is 22.6 Å². The molecule has 0 aliphatic heterocycles. The van der Waals surface area contributed by atoms with Gasteiger partial charge in [-0.25, -0.2) is 17.6 Å². The molecule has 0 radical (unpaired) electrons. The zero-order valence-corrected chi connectivity index (χ0v) is 19.1. The molecule has 1 heterocycles. The van der Waals surface area contributed by atoms with Crippen LogP contribution in [0.2, 0.25) is 0 Å². The van der Waals surface area contributed by atoms with E-state index in [1.54, 1.807) is 13.0 Å². The van der Waals surface area contributed by atoms with Crippen LogP contribution in [0.5, 0.6) is 17.2 Å². The van der Waals surface area contributed by atoms with Crippen LogP contribution in [0.4, 0.5) is 23.2 Å². The lowest BCUT2D eigenvalue weighted by Gasteiger charge is -2.14. The topological polar surface area (TPSA) is 77.8 Å². The summed E-state index contributed by atoms with van der Waals surface area (Å²) in [5.74, 6) is -5.28. The van der Waals surface area contributed by atoms with Crippen LogP contribution in [0.3, 0.4) is 0 Å². The second-order valence-corrected chi connectivity index (χ2v) is 7.74. The van der Waals surface area contributed by atoms with Gasteiger partial charge in [-0.2, -0.15) is 0 Å². The van der Waals surface area contributed by atoms with E-state index in [4.69, 9.17) is 13.9 Å². The molecule has 0 saturated carbocycles. The first kappa shape index (κ1) is 24.8. The first-order chi connectivity index (χ1) is 17.2. The Labute approximate surface area is 202 Å². The van der Waals surface area contributed by atoms with Gasteiger partial charge in [0.15, 0.2) is 24.1 Å². The number of hydrogen-bond donors (Lipinski definition) is 1. The fourth-order valence-corrected chi connectivity index (χ4v) is 3.46. The van der Waals surface area contributed by atoms with Gasteiger partial charge in [0, 0.05) is 6.07 Å². The number of rotatable bonds is 7. The Morgan fingerprint density at radius 3 is 2.42 bits per heavy atom. The molecule has 36 heavy (non-hydrogen) atoms. The van der Waals surface area contributed by atoms with Crippen molar-refractivity contribution < 1.29 is 36.2 Å². The highest BCUT2D eigenvalue weighted by atomic mass is 19.2. The predicted octanol–water partition coefficient (Wildman–Crippen LogP) is 6.03. The van der Waals surface area contributed by atoms with Crippen molar-refractivity contribution in [3.05, 3.63) is 93.3 Å². The maximum Gasteiger partial charge on any atom is 0.262 e. The van der Waals surface area contributed by atoms with E-state index in [2.05, 4.69) is 5.32 Å². The lowest BCUT2D eigenvalue weighted by molar-refractivity contribution is -0.118. The maximum atomic E-state index is 13.8. The van der Waals surface area contributed by atoms with E-state index < -0.39 is 46.9 Å². The van der Waals surface area contributed by atoms with Crippen molar-refractivity contribution in [1.82, 2.24) is 0 Å². The van der Waals surface area contributed by atoms with Crippen molar-refractivity contribution in [2.24, 2.45) is 0 Å². The fourth-order valence-electron chi connectivity index (χ4n) is 3.46. The van der Waals surface area contributed by atoms with Crippen molar-refractivity contribution in [2.45, 2.75) is 20.3 Å². The highest BCUT2D eigenvalue weighted by Crippen LogP contribution is 2.30. The largest absolute Gasteiger partial charge is 0.483 e. The van der Waals surface area contributed by atoms with Gasteiger partial charge in [0.05, 0.1) is 11.1 Å². The van der Waals surface area contributed by atoms with E-state index in [0.29, 0.717) is 18.1 Å². The number of ether oxygens (including phenoxy) is 2. The SMILES string of the molecule is CCc1cc2c(=O)c(Oc3ccc(F)cc3)c(C)oc2cc1OCC(=O)Nc1ccc(F)c(F)c1F. The van der Waals surface area contributed by atoms with Gasteiger partial charge in [-0.05, 0) is 61.4 Å². The number of anilines is 1. The molecule has 186 valence electrons. The minimum atomic E-state index is -1.70. The van der Waals surface area contributed by atoms with Gasteiger partial charge < -0.3 is 19.2 Å². The van der Waals surface area contributed by atoms with Crippen LogP contribution < -0.4 is 20.2 Å². The minimum absolute atomic E-state index is 0.0576. The molecule has 0 fully saturated rings.